The Kier molecular flexibility index (Phi) is 3.68. The first-order chi connectivity index (χ1) is 9.70. The van der Waals surface area contributed by atoms with Gasteiger partial charge in [0.15, 0.2) is 0 Å². The van der Waals surface area contributed by atoms with Gasteiger partial charge in [-0.1, -0.05) is 57.9 Å². The lowest BCUT2D eigenvalue weighted by molar-refractivity contribution is 0.416. The van der Waals surface area contributed by atoms with Gasteiger partial charge in [-0.25, -0.2) is 0 Å². The maximum Gasteiger partial charge on any atom is 0.128 e. The summed E-state index contributed by atoms with van der Waals surface area (Å²) in [7, 11) is 1.66. The Bertz CT molecular complexity index is 778. The molecule has 0 spiro atoms. The summed E-state index contributed by atoms with van der Waals surface area (Å²) in [5.41, 5.74) is 2.16. The molecule has 0 fully saturated rings. The highest BCUT2D eigenvalue weighted by atomic mass is 79.9. The summed E-state index contributed by atoms with van der Waals surface area (Å²) in [4.78, 5) is 0. The Morgan fingerprint density at radius 3 is 2.45 bits per heavy atom. The molecule has 1 nitrogen and oxygen atoms in total. The fourth-order valence-corrected chi connectivity index (χ4v) is 3.16. The summed E-state index contributed by atoms with van der Waals surface area (Å²) in [5, 5.41) is 3.04. The third kappa shape index (κ3) is 2.30. The molecule has 20 heavy (non-hydrogen) atoms. The van der Waals surface area contributed by atoms with Gasteiger partial charge in [0, 0.05) is 20.4 Å². The van der Waals surface area contributed by atoms with E-state index in [-0.39, 0.29) is 0 Å². The lowest BCUT2D eigenvalue weighted by atomic mass is 9.97. The number of rotatable bonds is 2. The quantitative estimate of drug-likeness (QED) is 0.558. The molecule has 0 amide bonds. The van der Waals surface area contributed by atoms with E-state index in [9.17, 15) is 0 Å². The average Bonchev–Trinajstić information content (AvgIpc) is 2.47. The first-order valence-electron chi connectivity index (χ1n) is 6.22. The summed E-state index contributed by atoms with van der Waals surface area (Å²) in [6, 6.07) is 18.2. The monoisotopic (exact) mass is 346 g/mol. The van der Waals surface area contributed by atoms with Crippen LogP contribution in [0.15, 0.2) is 59.1 Å². The molecule has 3 aromatic carbocycles. The Labute approximate surface area is 131 Å². The zero-order chi connectivity index (χ0) is 14.1. The van der Waals surface area contributed by atoms with Gasteiger partial charge in [0.05, 0.1) is 7.11 Å². The van der Waals surface area contributed by atoms with Crippen LogP contribution in [0.1, 0.15) is 0 Å². The lowest BCUT2D eigenvalue weighted by Gasteiger charge is -2.12. The molecule has 3 rings (SSSR count). The molecule has 3 heteroatoms. The van der Waals surface area contributed by atoms with Crippen molar-refractivity contribution in [1.82, 2.24) is 0 Å². The minimum atomic E-state index is 0.671. The predicted molar refractivity (Wildman–Crippen MR) is 88.6 cm³/mol. The Hall–Kier alpha value is -1.51. The van der Waals surface area contributed by atoms with E-state index in [1.54, 1.807) is 7.11 Å². The summed E-state index contributed by atoms with van der Waals surface area (Å²) in [6.07, 6.45) is 0. The van der Waals surface area contributed by atoms with Crippen molar-refractivity contribution in [3.8, 4) is 16.9 Å². The maximum absolute atomic E-state index is 6.04. The zero-order valence-electron chi connectivity index (χ0n) is 10.9. The molecule has 0 saturated carbocycles. The van der Waals surface area contributed by atoms with Crippen LogP contribution in [0.4, 0.5) is 0 Å². The molecule has 3 aromatic rings. The number of hydrogen-bond donors (Lipinski definition) is 0. The van der Waals surface area contributed by atoms with E-state index in [0.29, 0.717) is 5.02 Å². The van der Waals surface area contributed by atoms with Crippen LogP contribution in [0, 0.1) is 0 Å². The van der Waals surface area contributed by atoms with E-state index >= 15 is 0 Å². The summed E-state index contributed by atoms with van der Waals surface area (Å²) in [6.45, 7) is 0. The van der Waals surface area contributed by atoms with Crippen molar-refractivity contribution in [3.63, 3.8) is 0 Å². The number of ether oxygens (including phenoxy) is 1. The van der Waals surface area contributed by atoms with Crippen molar-refractivity contribution in [2.45, 2.75) is 0 Å². The molecule has 0 radical (unpaired) electrons. The first kappa shape index (κ1) is 13.5. The van der Waals surface area contributed by atoms with Crippen molar-refractivity contribution in [2.24, 2.45) is 0 Å². The molecule has 0 atom stereocenters. The maximum atomic E-state index is 6.04. The zero-order valence-corrected chi connectivity index (χ0v) is 13.2. The highest BCUT2D eigenvalue weighted by molar-refractivity contribution is 9.10. The minimum Gasteiger partial charge on any atom is -0.496 e. The van der Waals surface area contributed by atoms with Gasteiger partial charge in [0.1, 0.15) is 5.75 Å². The highest BCUT2D eigenvalue weighted by Gasteiger charge is 2.11. The Balaban J connectivity index is 2.35. The minimum absolute atomic E-state index is 0.671. The van der Waals surface area contributed by atoms with Crippen molar-refractivity contribution < 1.29 is 4.74 Å². The second-order valence-electron chi connectivity index (χ2n) is 4.49. The van der Waals surface area contributed by atoms with E-state index in [4.69, 9.17) is 16.3 Å². The smallest absolute Gasteiger partial charge is 0.128 e. The Morgan fingerprint density at radius 1 is 0.950 bits per heavy atom. The topological polar surface area (TPSA) is 9.23 Å². The van der Waals surface area contributed by atoms with Crippen LogP contribution in [0.2, 0.25) is 5.02 Å². The molecule has 0 bridgehead atoms. The average molecular weight is 348 g/mol. The third-order valence-electron chi connectivity index (χ3n) is 3.31. The van der Waals surface area contributed by atoms with Gasteiger partial charge in [0.25, 0.3) is 0 Å². The standard InChI is InChI=1S/C17H12BrClO/c1-20-16-10-12(19)8-9-13(16)14-6-2-4-11-5-3-7-15(18)17(11)14/h2-10H,1H3. The number of methoxy groups -OCH3 is 1. The molecule has 0 aliphatic carbocycles. The largest absolute Gasteiger partial charge is 0.496 e. The normalized spacial score (nSPS) is 10.8. The van der Waals surface area contributed by atoms with Crippen molar-refractivity contribution in [1.29, 1.82) is 0 Å². The van der Waals surface area contributed by atoms with Crippen LogP contribution in [0.5, 0.6) is 5.75 Å². The van der Waals surface area contributed by atoms with Crippen LogP contribution in [-0.2, 0) is 0 Å². The van der Waals surface area contributed by atoms with Crippen LogP contribution >= 0.6 is 27.5 Å². The molecule has 0 aliphatic heterocycles. The van der Waals surface area contributed by atoms with Gasteiger partial charge in [-0.15, -0.1) is 0 Å². The second kappa shape index (κ2) is 5.47. The fraction of sp³-hybridized carbons (Fsp3) is 0.0588. The molecule has 0 aromatic heterocycles. The molecule has 100 valence electrons. The highest BCUT2D eigenvalue weighted by Crippen LogP contribution is 2.39. The van der Waals surface area contributed by atoms with Gasteiger partial charge >= 0.3 is 0 Å². The number of halogens is 2. The van der Waals surface area contributed by atoms with Crippen LogP contribution in [0.3, 0.4) is 0 Å². The SMILES string of the molecule is COc1cc(Cl)ccc1-c1cccc2cccc(Br)c12. The first-order valence-corrected chi connectivity index (χ1v) is 7.39. The summed E-state index contributed by atoms with van der Waals surface area (Å²) >= 11 is 9.68. The third-order valence-corrected chi connectivity index (χ3v) is 4.20. The molecule has 0 heterocycles. The van der Waals surface area contributed by atoms with Gasteiger partial charge in [-0.05, 0) is 35.2 Å². The van der Waals surface area contributed by atoms with Gasteiger partial charge < -0.3 is 4.74 Å². The number of benzene rings is 3. The summed E-state index contributed by atoms with van der Waals surface area (Å²) < 4.78 is 6.54. The molecule has 0 saturated heterocycles. The van der Waals surface area contributed by atoms with E-state index in [0.717, 1.165) is 21.3 Å². The predicted octanol–water partition coefficient (Wildman–Crippen LogP) is 5.93. The molecular weight excluding hydrogens is 336 g/mol. The Morgan fingerprint density at radius 2 is 1.70 bits per heavy atom. The van der Waals surface area contributed by atoms with E-state index < -0.39 is 0 Å². The van der Waals surface area contributed by atoms with Crippen molar-refractivity contribution in [2.75, 3.05) is 7.11 Å². The van der Waals surface area contributed by atoms with Crippen LogP contribution in [0.25, 0.3) is 21.9 Å². The van der Waals surface area contributed by atoms with Gasteiger partial charge in [-0.2, -0.15) is 0 Å². The van der Waals surface area contributed by atoms with E-state index in [1.807, 2.05) is 30.3 Å². The lowest BCUT2D eigenvalue weighted by Crippen LogP contribution is -1.89. The summed E-state index contributed by atoms with van der Waals surface area (Å²) in [5.74, 6) is 0.778. The molecule has 0 N–H and O–H groups in total. The van der Waals surface area contributed by atoms with Gasteiger partial charge in [-0.3, -0.25) is 0 Å². The molecule has 0 aliphatic rings. The van der Waals surface area contributed by atoms with E-state index in [1.165, 1.54) is 10.8 Å². The fourth-order valence-electron chi connectivity index (χ4n) is 2.41. The van der Waals surface area contributed by atoms with Gasteiger partial charge in [0.2, 0.25) is 0 Å². The number of hydrogen-bond acceptors (Lipinski definition) is 1. The number of fused-ring (bicyclic) bond motifs is 1. The molecule has 0 unspecified atom stereocenters. The van der Waals surface area contributed by atoms with E-state index in [2.05, 4.69) is 40.2 Å². The van der Waals surface area contributed by atoms with Crippen molar-refractivity contribution in [3.05, 3.63) is 64.1 Å². The van der Waals surface area contributed by atoms with Crippen molar-refractivity contribution >= 4 is 38.3 Å². The van der Waals surface area contributed by atoms with Crippen LogP contribution < -0.4 is 4.74 Å². The second-order valence-corrected chi connectivity index (χ2v) is 5.78. The molecular formula is C17H12BrClO. The van der Waals surface area contributed by atoms with Crippen LogP contribution in [-0.4, -0.2) is 7.11 Å².